The second-order valence-corrected chi connectivity index (χ2v) is 6.75. The van der Waals surface area contributed by atoms with E-state index in [0.29, 0.717) is 12.1 Å². The summed E-state index contributed by atoms with van der Waals surface area (Å²) in [6.45, 7) is 13.1. The van der Waals surface area contributed by atoms with Crippen LogP contribution in [0.25, 0.3) is 0 Å². The molecule has 108 valence electrons. The fourth-order valence-corrected chi connectivity index (χ4v) is 3.50. The first-order chi connectivity index (χ1) is 8.95. The van der Waals surface area contributed by atoms with Crippen LogP contribution in [-0.4, -0.2) is 22.5 Å². The maximum absolute atomic E-state index is 4.59. The Hall–Kier alpha value is -0.540. The van der Waals surface area contributed by atoms with Crippen molar-refractivity contribution in [1.29, 1.82) is 0 Å². The van der Waals surface area contributed by atoms with Crippen molar-refractivity contribution in [2.45, 2.75) is 60.0 Å². The molecule has 1 heterocycles. The van der Waals surface area contributed by atoms with Crippen molar-refractivity contribution >= 4 is 11.8 Å². The predicted octanol–water partition coefficient (Wildman–Crippen LogP) is 4.19. The lowest BCUT2D eigenvalue weighted by molar-refractivity contribution is 0.468. The minimum Gasteiger partial charge on any atom is -0.308 e. The van der Waals surface area contributed by atoms with Gasteiger partial charge in [0.25, 0.3) is 0 Å². The highest BCUT2D eigenvalue weighted by Crippen LogP contribution is 2.22. The van der Waals surface area contributed by atoms with Crippen molar-refractivity contribution in [3.8, 4) is 0 Å². The average molecular weight is 280 g/mol. The molecule has 0 saturated carbocycles. The highest BCUT2D eigenvalue weighted by atomic mass is 32.2. The Morgan fingerprint density at radius 2 is 1.95 bits per heavy atom. The van der Waals surface area contributed by atoms with Crippen molar-refractivity contribution in [2.75, 3.05) is 11.5 Å². The van der Waals surface area contributed by atoms with Crippen LogP contribution in [0, 0.1) is 20.8 Å². The van der Waals surface area contributed by atoms with Crippen LogP contribution >= 0.6 is 11.8 Å². The lowest BCUT2D eigenvalue weighted by atomic mass is 9.99. The summed E-state index contributed by atoms with van der Waals surface area (Å²) >= 11 is 2.02. The Balaban J connectivity index is 2.65. The molecule has 0 saturated heterocycles. The maximum atomic E-state index is 4.59. The number of nitrogens with zero attached hydrogens (tertiary/aromatic N) is 1. The fourth-order valence-electron chi connectivity index (χ4n) is 2.69. The number of nitrogens with one attached hydrogen (secondary N) is 1. The molecule has 19 heavy (non-hydrogen) atoms. The molecule has 2 unspecified atom stereocenters. The second kappa shape index (κ2) is 7.91. The molecule has 0 amide bonds. The van der Waals surface area contributed by atoms with Crippen LogP contribution in [0.4, 0.5) is 0 Å². The van der Waals surface area contributed by atoms with Gasteiger partial charge in [-0.15, -0.1) is 0 Å². The minimum absolute atomic E-state index is 0.370. The summed E-state index contributed by atoms with van der Waals surface area (Å²) in [5.41, 5.74) is 4.98. The summed E-state index contributed by atoms with van der Waals surface area (Å²) in [6.07, 6.45) is 1.22. The molecule has 0 bridgehead atoms. The third kappa shape index (κ3) is 5.15. The number of aryl methyl sites for hydroxylation is 3. The molecule has 2 nitrogen and oxygen atoms in total. The summed E-state index contributed by atoms with van der Waals surface area (Å²) in [6, 6.07) is 3.10. The normalized spacial score (nSPS) is 14.4. The molecule has 0 aromatic carbocycles. The number of aromatic nitrogens is 1. The maximum Gasteiger partial charge on any atom is 0.0426 e. The lowest BCUT2D eigenvalue weighted by Gasteiger charge is -2.23. The van der Waals surface area contributed by atoms with E-state index in [9.17, 15) is 0 Å². The number of hydrogen-bond donors (Lipinski definition) is 1. The van der Waals surface area contributed by atoms with Gasteiger partial charge < -0.3 is 5.32 Å². The van der Waals surface area contributed by atoms with Crippen LogP contribution in [0.3, 0.4) is 0 Å². The van der Waals surface area contributed by atoms with Crippen LogP contribution in [0.5, 0.6) is 0 Å². The zero-order valence-corrected chi connectivity index (χ0v) is 14.0. The van der Waals surface area contributed by atoms with Crippen LogP contribution in [0.2, 0.25) is 0 Å². The second-order valence-electron chi connectivity index (χ2n) is 5.35. The molecule has 0 aliphatic carbocycles. The van der Waals surface area contributed by atoms with Crippen LogP contribution in [0.15, 0.2) is 6.07 Å². The van der Waals surface area contributed by atoms with Crippen LogP contribution in [0.1, 0.15) is 55.7 Å². The van der Waals surface area contributed by atoms with Crippen molar-refractivity contribution in [3.63, 3.8) is 0 Å². The first kappa shape index (κ1) is 16.5. The van der Waals surface area contributed by atoms with E-state index in [1.165, 1.54) is 29.1 Å². The molecule has 0 aliphatic heterocycles. The highest BCUT2D eigenvalue weighted by molar-refractivity contribution is 7.99. The van der Waals surface area contributed by atoms with Crippen molar-refractivity contribution in [3.05, 3.63) is 28.6 Å². The molecule has 0 aliphatic rings. The molecule has 0 spiro atoms. The summed E-state index contributed by atoms with van der Waals surface area (Å²) in [5.74, 6) is 2.45. The molecule has 1 aromatic rings. The van der Waals surface area contributed by atoms with E-state index in [1.54, 1.807) is 0 Å². The van der Waals surface area contributed by atoms with Gasteiger partial charge in [0.2, 0.25) is 0 Å². The standard InChI is InChI=1S/C16H28N2S/c1-7-19-9-8-12(3)17-14(5)16-11(2)10-13(4)18-15(16)6/h10,12,14,17H,7-9H2,1-6H3. The van der Waals surface area contributed by atoms with E-state index >= 15 is 0 Å². The third-order valence-corrected chi connectivity index (χ3v) is 4.38. The van der Waals surface area contributed by atoms with E-state index in [1.807, 2.05) is 11.8 Å². The predicted molar refractivity (Wildman–Crippen MR) is 87.1 cm³/mol. The monoisotopic (exact) mass is 280 g/mol. The van der Waals surface area contributed by atoms with E-state index in [-0.39, 0.29) is 0 Å². The van der Waals surface area contributed by atoms with Gasteiger partial charge in [-0.05, 0) is 69.7 Å². The van der Waals surface area contributed by atoms with E-state index in [0.717, 1.165) is 11.4 Å². The van der Waals surface area contributed by atoms with Gasteiger partial charge in [0, 0.05) is 23.5 Å². The van der Waals surface area contributed by atoms with Gasteiger partial charge in [-0.1, -0.05) is 6.92 Å². The molecule has 0 fully saturated rings. The Morgan fingerprint density at radius 3 is 2.53 bits per heavy atom. The Kier molecular flexibility index (Phi) is 6.87. The third-order valence-electron chi connectivity index (χ3n) is 3.45. The van der Waals surface area contributed by atoms with Gasteiger partial charge in [-0.25, -0.2) is 0 Å². The first-order valence-corrected chi connectivity index (χ1v) is 8.39. The molecule has 2 atom stereocenters. The van der Waals surface area contributed by atoms with Crippen molar-refractivity contribution in [1.82, 2.24) is 10.3 Å². The quantitative estimate of drug-likeness (QED) is 0.758. The van der Waals surface area contributed by atoms with Gasteiger partial charge in [0.15, 0.2) is 0 Å². The lowest BCUT2D eigenvalue weighted by Crippen LogP contribution is -2.30. The molecule has 3 heteroatoms. The largest absolute Gasteiger partial charge is 0.308 e. The molecule has 1 rings (SSSR count). The number of pyridine rings is 1. The summed E-state index contributed by atoms with van der Waals surface area (Å²) in [5, 5.41) is 3.70. The smallest absolute Gasteiger partial charge is 0.0426 e. The summed E-state index contributed by atoms with van der Waals surface area (Å²) in [4.78, 5) is 4.59. The average Bonchev–Trinajstić information content (AvgIpc) is 2.27. The number of hydrogen-bond acceptors (Lipinski definition) is 3. The van der Waals surface area contributed by atoms with E-state index in [4.69, 9.17) is 0 Å². The van der Waals surface area contributed by atoms with Gasteiger partial charge in [0.1, 0.15) is 0 Å². The Bertz CT molecular complexity index is 381. The SMILES string of the molecule is CCSCCC(C)NC(C)c1c(C)cc(C)nc1C. The summed E-state index contributed by atoms with van der Waals surface area (Å²) < 4.78 is 0. The zero-order valence-electron chi connectivity index (χ0n) is 13.2. The van der Waals surface area contributed by atoms with Crippen molar-refractivity contribution in [2.24, 2.45) is 0 Å². The number of rotatable bonds is 7. The summed E-state index contributed by atoms with van der Waals surface area (Å²) in [7, 11) is 0. The van der Waals surface area contributed by atoms with Crippen LogP contribution in [-0.2, 0) is 0 Å². The Labute approximate surface area is 122 Å². The van der Waals surface area contributed by atoms with E-state index in [2.05, 4.69) is 57.9 Å². The van der Waals surface area contributed by atoms with E-state index < -0.39 is 0 Å². The van der Waals surface area contributed by atoms with Gasteiger partial charge >= 0.3 is 0 Å². The molecule has 1 N–H and O–H groups in total. The Morgan fingerprint density at radius 1 is 1.26 bits per heavy atom. The highest BCUT2D eigenvalue weighted by Gasteiger charge is 2.15. The fraction of sp³-hybridized carbons (Fsp3) is 0.688. The van der Waals surface area contributed by atoms with Gasteiger partial charge in [-0.2, -0.15) is 11.8 Å². The zero-order chi connectivity index (χ0) is 14.4. The molecule has 1 aromatic heterocycles. The molecular weight excluding hydrogens is 252 g/mol. The first-order valence-electron chi connectivity index (χ1n) is 7.24. The molecular formula is C16H28N2S. The topological polar surface area (TPSA) is 24.9 Å². The minimum atomic E-state index is 0.370. The van der Waals surface area contributed by atoms with Gasteiger partial charge in [-0.3, -0.25) is 4.98 Å². The van der Waals surface area contributed by atoms with Gasteiger partial charge in [0.05, 0.1) is 0 Å². The number of thioether (sulfide) groups is 1. The van der Waals surface area contributed by atoms with Crippen molar-refractivity contribution < 1.29 is 0 Å². The molecule has 0 radical (unpaired) electrons. The van der Waals surface area contributed by atoms with Crippen LogP contribution < -0.4 is 5.32 Å².